The van der Waals surface area contributed by atoms with Gasteiger partial charge >= 0.3 is 0 Å². The van der Waals surface area contributed by atoms with Crippen LogP contribution in [0.2, 0.25) is 10.0 Å². The molecule has 3 aromatic heterocycles. The number of piperidine rings is 1. The molecule has 5 rings (SSSR count). The van der Waals surface area contributed by atoms with Crippen LogP contribution in [0.3, 0.4) is 0 Å². The third-order valence-electron chi connectivity index (χ3n) is 6.48. The number of anilines is 1. The normalized spacial score (nSPS) is 14.7. The van der Waals surface area contributed by atoms with Crippen molar-refractivity contribution < 1.29 is 0 Å². The minimum absolute atomic E-state index is 0.332. The summed E-state index contributed by atoms with van der Waals surface area (Å²) in [6.07, 6.45) is 5.30. The van der Waals surface area contributed by atoms with E-state index in [-0.39, 0.29) is 0 Å². The van der Waals surface area contributed by atoms with Gasteiger partial charge < -0.3 is 10.2 Å². The molecular formula is C26H26Cl2N8. The van der Waals surface area contributed by atoms with Crippen molar-refractivity contribution >= 4 is 34.8 Å². The van der Waals surface area contributed by atoms with Gasteiger partial charge in [0, 0.05) is 41.0 Å². The average molecular weight is 521 g/mol. The Morgan fingerprint density at radius 2 is 1.94 bits per heavy atom. The van der Waals surface area contributed by atoms with E-state index in [4.69, 9.17) is 43.5 Å². The molecule has 0 unspecified atom stereocenters. The van der Waals surface area contributed by atoms with E-state index in [2.05, 4.69) is 28.3 Å². The van der Waals surface area contributed by atoms with Crippen LogP contribution in [0.15, 0.2) is 42.6 Å². The zero-order valence-electron chi connectivity index (χ0n) is 20.0. The summed E-state index contributed by atoms with van der Waals surface area (Å²) in [6.45, 7) is 2.75. The van der Waals surface area contributed by atoms with Crippen molar-refractivity contribution in [3.05, 3.63) is 69.7 Å². The van der Waals surface area contributed by atoms with Gasteiger partial charge in [0.1, 0.15) is 6.07 Å². The zero-order chi connectivity index (χ0) is 25.1. The Morgan fingerprint density at radius 1 is 1.11 bits per heavy atom. The molecule has 1 saturated heterocycles. The molecule has 0 aliphatic carbocycles. The van der Waals surface area contributed by atoms with E-state index >= 15 is 0 Å². The van der Waals surface area contributed by atoms with Gasteiger partial charge in [-0.3, -0.25) is 4.98 Å². The maximum Gasteiger partial charge on any atom is 0.226 e. The maximum atomic E-state index is 8.95. The van der Waals surface area contributed by atoms with Gasteiger partial charge in [0.15, 0.2) is 11.5 Å². The van der Waals surface area contributed by atoms with E-state index in [1.54, 1.807) is 28.9 Å². The fourth-order valence-electron chi connectivity index (χ4n) is 4.40. The topological polar surface area (TPSA) is 95.0 Å². The van der Waals surface area contributed by atoms with Gasteiger partial charge in [-0.2, -0.15) is 9.78 Å². The molecular weight excluding hydrogens is 495 g/mol. The van der Waals surface area contributed by atoms with Gasteiger partial charge in [-0.15, -0.1) is 5.10 Å². The number of hydrogen-bond acceptors (Lipinski definition) is 7. The number of aryl methyl sites for hydroxylation is 1. The molecule has 8 nitrogen and oxygen atoms in total. The van der Waals surface area contributed by atoms with Crippen LogP contribution in [-0.4, -0.2) is 56.1 Å². The molecule has 1 N–H and O–H groups in total. The van der Waals surface area contributed by atoms with Gasteiger partial charge in [-0.25, -0.2) is 9.97 Å². The number of likely N-dealkylation sites (tertiary alicyclic amines) is 1. The van der Waals surface area contributed by atoms with Crippen molar-refractivity contribution in [1.29, 1.82) is 5.26 Å². The first-order valence-electron chi connectivity index (χ1n) is 12.0. The molecule has 4 aromatic rings. The van der Waals surface area contributed by atoms with Crippen LogP contribution in [0.5, 0.6) is 0 Å². The Balaban J connectivity index is 1.41. The number of nitrogens with one attached hydrogen (secondary N) is 1. The average Bonchev–Trinajstić information content (AvgIpc) is 3.32. The van der Waals surface area contributed by atoms with E-state index < -0.39 is 0 Å². The van der Waals surface area contributed by atoms with Crippen LogP contribution in [0.25, 0.3) is 16.9 Å². The highest BCUT2D eigenvalue weighted by molar-refractivity contribution is 6.36. The Hall–Kier alpha value is -3.25. The summed E-state index contributed by atoms with van der Waals surface area (Å²) in [6, 6.07) is 13.1. The third kappa shape index (κ3) is 5.44. The number of halogens is 2. The fraction of sp³-hybridized carbons (Fsp3) is 0.346. The lowest BCUT2D eigenvalue weighted by atomic mass is 9.97. The summed E-state index contributed by atoms with van der Waals surface area (Å²) in [5.41, 5.74) is 3.74. The van der Waals surface area contributed by atoms with Crippen molar-refractivity contribution in [3.8, 4) is 17.3 Å². The minimum atomic E-state index is 0.332. The van der Waals surface area contributed by atoms with Crippen LogP contribution in [0.4, 0.5) is 5.95 Å². The zero-order valence-corrected chi connectivity index (χ0v) is 21.5. The number of nitriles is 1. The highest BCUT2D eigenvalue weighted by atomic mass is 35.5. The number of fused-ring (bicyclic) bond motifs is 1. The second-order valence-electron chi connectivity index (χ2n) is 9.09. The van der Waals surface area contributed by atoms with Gasteiger partial charge in [0.05, 0.1) is 16.3 Å². The van der Waals surface area contributed by atoms with Crippen molar-refractivity contribution in [2.75, 3.05) is 32.0 Å². The fourth-order valence-corrected chi connectivity index (χ4v) is 4.91. The summed E-state index contributed by atoms with van der Waals surface area (Å²) in [7, 11) is 2.15. The molecule has 36 heavy (non-hydrogen) atoms. The number of pyridine rings is 1. The first-order chi connectivity index (χ1) is 17.5. The molecule has 10 heteroatoms. The lowest BCUT2D eigenvalue weighted by molar-refractivity contribution is 0.251. The smallest absolute Gasteiger partial charge is 0.226 e. The molecule has 0 saturated carbocycles. The standard InChI is InChI=1S/C26H26Cl2N8/c1-35-11-8-18(9-12-35)25-33-24-14-23(21-7-5-19(27)13-22(21)28)32-26(36(24)34-25)30-10-2-3-20-6-4-17(15-29)16-31-20/h4-7,13-14,16,18H,2-3,8-12H2,1H3,(H,30,32). The molecule has 0 radical (unpaired) electrons. The Kier molecular flexibility index (Phi) is 7.33. The van der Waals surface area contributed by atoms with Crippen LogP contribution >= 0.6 is 23.2 Å². The predicted molar refractivity (Wildman–Crippen MR) is 141 cm³/mol. The maximum absolute atomic E-state index is 8.95. The van der Waals surface area contributed by atoms with Gasteiger partial charge in [0.25, 0.3) is 0 Å². The molecule has 0 amide bonds. The predicted octanol–water partition coefficient (Wildman–Crippen LogP) is 5.22. The monoisotopic (exact) mass is 520 g/mol. The Morgan fingerprint density at radius 3 is 2.67 bits per heavy atom. The van der Waals surface area contributed by atoms with E-state index in [0.29, 0.717) is 39.7 Å². The molecule has 184 valence electrons. The molecule has 1 aliphatic rings. The van der Waals surface area contributed by atoms with Crippen molar-refractivity contribution in [3.63, 3.8) is 0 Å². The second-order valence-corrected chi connectivity index (χ2v) is 9.93. The molecule has 4 heterocycles. The molecule has 1 aliphatic heterocycles. The van der Waals surface area contributed by atoms with Gasteiger partial charge in [-0.05, 0) is 76.2 Å². The largest absolute Gasteiger partial charge is 0.354 e. The van der Waals surface area contributed by atoms with E-state index in [1.165, 1.54) is 0 Å². The van der Waals surface area contributed by atoms with E-state index in [1.807, 2.05) is 18.2 Å². The highest BCUT2D eigenvalue weighted by Crippen LogP contribution is 2.32. The van der Waals surface area contributed by atoms with Crippen LogP contribution < -0.4 is 5.32 Å². The van der Waals surface area contributed by atoms with Crippen LogP contribution in [0, 0.1) is 11.3 Å². The molecule has 0 bridgehead atoms. The Bertz CT molecular complexity index is 1400. The summed E-state index contributed by atoms with van der Waals surface area (Å²) in [5, 5.41) is 18.4. The summed E-state index contributed by atoms with van der Waals surface area (Å²) in [4.78, 5) is 16.4. The Labute approximate surface area is 219 Å². The van der Waals surface area contributed by atoms with Crippen molar-refractivity contribution in [2.45, 2.75) is 31.6 Å². The first-order valence-corrected chi connectivity index (χ1v) is 12.8. The number of hydrogen-bond donors (Lipinski definition) is 1. The van der Waals surface area contributed by atoms with Gasteiger partial charge in [-0.1, -0.05) is 23.2 Å². The van der Waals surface area contributed by atoms with Crippen LogP contribution in [0.1, 0.15) is 42.3 Å². The number of benzene rings is 1. The SMILES string of the molecule is CN1CCC(c2nc3cc(-c4ccc(Cl)cc4Cl)nc(NCCCc4ccc(C#N)cn4)n3n2)CC1. The lowest BCUT2D eigenvalue weighted by Crippen LogP contribution is -2.29. The number of rotatable bonds is 7. The summed E-state index contributed by atoms with van der Waals surface area (Å²) < 4.78 is 1.79. The van der Waals surface area contributed by atoms with Crippen molar-refractivity contribution in [1.82, 2.24) is 29.5 Å². The first kappa shape index (κ1) is 24.4. The molecule has 0 spiro atoms. The lowest BCUT2D eigenvalue weighted by Gasteiger charge is -2.26. The van der Waals surface area contributed by atoms with Crippen molar-refractivity contribution in [2.24, 2.45) is 0 Å². The summed E-state index contributed by atoms with van der Waals surface area (Å²) >= 11 is 12.6. The minimum Gasteiger partial charge on any atom is -0.354 e. The highest BCUT2D eigenvalue weighted by Gasteiger charge is 2.23. The van der Waals surface area contributed by atoms with Gasteiger partial charge in [0.2, 0.25) is 5.95 Å². The molecule has 1 aromatic carbocycles. The molecule has 0 atom stereocenters. The third-order valence-corrected chi connectivity index (χ3v) is 7.03. The van der Waals surface area contributed by atoms with E-state index in [9.17, 15) is 0 Å². The van der Waals surface area contributed by atoms with E-state index in [0.717, 1.165) is 61.5 Å². The quantitative estimate of drug-likeness (QED) is 0.333. The van der Waals surface area contributed by atoms with Crippen LogP contribution in [-0.2, 0) is 6.42 Å². The second kappa shape index (κ2) is 10.8. The number of aromatic nitrogens is 5. The molecule has 1 fully saturated rings. The number of nitrogens with zero attached hydrogens (tertiary/aromatic N) is 7. The summed E-state index contributed by atoms with van der Waals surface area (Å²) in [5.74, 6) is 1.81.